The van der Waals surface area contributed by atoms with Crippen LogP contribution in [0.3, 0.4) is 0 Å². The van der Waals surface area contributed by atoms with Gasteiger partial charge in [0.25, 0.3) is 0 Å². The number of carboxylic acids is 1. The summed E-state index contributed by atoms with van der Waals surface area (Å²) in [6, 6.07) is 7.88. The van der Waals surface area contributed by atoms with Crippen LogP contribution in [-0.2, 0) is 13.0 Å². The van der Waals surface area contributed by atoms with Crippen LogP contribution >= 0.6 is 22.6 Å². The summed E-state index contributed by atoms with van der Waals surface area (Å²) in [6.07, 6.45) is 2.47. The summed E-state index contributed by atoms with van der Waals surface area (Å²) in [5, 5.41) is 9.04. The smallest absolute Gasteiger partial charge is 0.352 e. The Kier molecular flexibility index (Phi) is 4.00. The fourth-order valence-corrected chi connectivity index (χ4v) is 2.37. The van der Waals surface area contributed by atoms with E-state index >= 15 is 0 Å². The number of halogens is 2. The highest BCUT2D eigenvalue weighted by Gasteiger charge is 2.11. The van der Waals surface area contributed by atoms with E-state index in [2.05, 4.69) is 22.6 Å². The molecule has 0 aliphatic heterocycles. The first kappa shape index (κ1) is 13.1. The Morgan fingerprint density at radius 3 is 2.61 bits per heavy atom. The number of aromatic carboxylic acids is 1. The maximum absolute atomic E-state index is 12.7. The van der Waals surface area contributed by atoms with Gasteiger partial charge in [0.15, 0.2) is 0 Å². The normalized spacial score (nSPS) is 10.6. The minimum Gasteiger partial charge on any atom is -0.477 e. The summed E-state index contributed by atoms with van der Waals surface area (Å²) in [4.78, 5) is 11.0. The fraction of sp³-hybridized carbons (Fsp3) is 0.154. The van der Waals surface area contributed by atoms with Crippen molar-refractivity contribution in [2.45, 2.75) is 13.0 Å². The summed E-state index contributed by atoms with van der Waals surface area (Å²) in [6.45, 7) is 0.566. The zero-order valence-corrected chi connectivity index (χ0v) is 11.6. The predicted molar refractivity (Wildman–Crippen MR) is 74.2 cm³/mol. The van der Waals surface area contributed by atoms with Crippen molar-refractivity contribution >= 4 is 28.6 Å². The third-order valence-electron chi connectivity index (χ3n) is 2.64. The Morgan fingerprint density at radius 1 is 1.33 bits per heavy atom. The van der Waals surface area contributed by atoms with Crippen molar-refractivity contribution in [2.75, 3.05) is 0 Å². The lowest BCUT2D eigenvalue weighted by Crippen LogP contribution is -2.09. The number of benzene rings is 1. The van der Waals surface area contributed by atoms with E-state index in [0.29, 0.717) is 13.0 Å². The van der Waals surface area contributed by atoms with Gasteiger partial charge in [-0.3, -0.25) is 0 Å². The van der Waals surface area contributed by atoms with E-state index in [-0.39, 0.29) is 11.5 Å². The molecule has 0 amide bonds. The maximum atomic E-state index is 12.7. The lowest BCUT2D eigenvalue weighted by molar-refractivity contribution is 0.0685. The number of carboxylic acid groups (broad SMARTS) is 1. The average Bonchev–Trinajstić information content (AvgIpc) is 2.70. The number of nitrogens with zero attached hydrogens (tertiary/aromatic N) is 1. The van der Waals surface area contributed by atoms with Crippen LogP contribution in [0.25, 0.3) is 0 Å². The first-order valence-corrected chi connectivity index (χ1v) is 6.47. The molecule has 2 aromatic rings. The van der Waals surface area contributed by atoms with Crippen molar-refractivity contribution in [3.05, 3.63) is 57.2 Å². The highest BCUT2D eigenvalue weighted by atomic mass is 127. The predicted octanol–water partition coefficient (Wildman–Crippen LogP) is 3.17. The summed E-state index contributed by atoms with van der Waals surface area (Å²) in [5.41, 5.74) is 1.26. The second-order valence-corrected chi connectivity index (χ2v) is 5.16. The molecule has 0 atom stereocenters. The van der Waals surface area contributed by atoms with Crippen LogP contribution in [0.15, 0.2) is 36.5 Å². The largest absolute Gasteiger partial charge is 0.477 e. The first-order chi connectivity index (χ1) is 8.56. The molecule has 0 spiro atoms. The summed E-state index contributed by atoms with van der Waals surface area (Å²) in [7, 11) is 0. The lowest BCUT2D eigenvalue weighted by Gasteiger charge is -2.06. The number of aryl methyl sites for hydroxylation is 2. The van der Waals surface area contributed by atoms with E-state index in [4.69, 9.17) is 5.11 Å². The van der Waals surface area contributed by atoms with E-state index in [1.165, 1.54) is 12.1 Å². The van der Waals surface area contributed by atoms with Gasteiger partial charge in [-0.25, -0.2) is 9.18 Å². The molecule has 94 valence electrons. The molecule has 0 unspecified atom stereocenters. The standard InChI is InChI=1S/C13H11FINO2/c14-10-3-1-9(2-4-10)5-6-16-8-11(15)7-12(16)13(17)18/h1-4,7-8H,5-6H2,(H,17,18). The highest BCUT2D eigenvalue weighted by molar-refractivity contribution is 14.1. The third kappa shape index (κ3) is 3.10. The van der Waals surface area contributed by atoms with Gasteiger partial charge in [0.1, 0.15) is 11.5 Å². The monoisotopic (exact) mass is 359 g/mol. The lowest BCUT2D eigenvalue weighted by atomic mass is 10.1. The van der Waals surface area contributed by atoms with Crippen LogP contribution in [0.4, 0.5) is 4.39 Å². The second kappa shape index (κ2) is 5.51. The molecular formula is C13H11FINO2. The molecule has 3 nitrogen and oxygen atoms in total. The molecule has 1 aromatic heterocycles. The fourth-order valence-electron chi connectivity index (χ4n) is 1.74. The Hall–Kier alpha value is -1.37. The van der Waals surface area contributed by atoms with Gasteiger partial charge < -0.3 is 9.67 Å². The molecule has 0 aliphatic carbocycles. The van der Waals surface area contributed by atoms with Gasteiger partial charge >= 0.3 is 5.97 Å². The van der Waals surface area contributed by atoms with E-state index in [9.17, 15) is 9.18 Å². The van der Waals surface area contributed by atoms with E-state index in [0.717, 1.165) is 9.13 Å². The first-order valence-electron chi connectivity index (χ1n) is 5.39. The topological polar surface area (TPSA) is 42.2 Å². The molecule has 5 heteroatoms. The number of rotatable bonds is 4. The summed E-state index contributed by atoms with van der Waals surface area (Å²) in [5.74, 6) is -1.20. The number of hydrogen-bond donors (Lipinski definition) is 1. The van der Waals surface area contributed by atoms with E-state index in [1.807, 2.05) is 0 Å². The van der Waals surface area contributed by atoms with Crippen LogP contribution in [0.5, 0.6) is 0 Å². The molecule has 18 heavy (non-hydrogen) atoms. The average molecular weight is 359 g/mol. The molecule has 1 aromatic carbocycles. The van der Waals surface area contributed by atoms with E-state index < -0.39 is 5.97 Å². The molecule has 0 radical (unpaired) electrons. The molecule has 0 fully saturated rings. The van der Waals surface area contributed by atoms with Crippen molar-refractivity contribution in [3.8, 4) is 0 Å². The molecule has 0 saturated carbocycles. The van der Waals surface area contributed by atoms with Crippen LogP contribution in [-0.4, -0.2) is 15.6 Å². The van der Waals surface area contributed by atoms with Crippen LogP contribution < -0.4 is 0 Å². The Morgan fingerprint density at radius 2 is 2.00 bits per heavy atom. The Bertz CT molecular complexity index is 563. The van der Waals surface area contributed by atoms with Crippen LogP contribution in [0.2, 0.25) is 0 Å². The summed E-state index contributed by atoms with van der Waals surface area (Å²) >= 11 is 2.08. The SMILES string of the molecule is O=C(O)c1cc(I)cn1CCc1ccc(F)cc1. The molecule has 0 aliphatic rings. The van der Waals surface area contributed by atoms with Crippen molar-refractivity contribution in [1.29, 1.82) is 0 Å². The maximum Gasteiger partial charge on any atom is 0.352 e. The van der Waals surface area contributed by atoms with Crippen LogP contribution in [0, 0.1) is 9.39 Å². The Labute approximate surface area is 117 Å². The van der Waals surface area contributed by atoms with Gasteiger partial charge in [0.05, 0.1) is 0 Å². The molecule has 1 N–H and O–H groups in total. The van der Waals surface area contributed by atoms with Gasteiger partial charge in [-0.2, -0.15) is 0 Å². The van der Waals surface area contributed by atoms with Gasteiger partial charge in [0, 0.05) is 16.3 Å². The molecule has 0 saturated heterocycles. The molecule has 0 bridgehead atoms. The van der Waals surface area contributed by atoms with E-state index in [1.54, 1.807) is 29.0 Å². The third-order valence-corrected chi connectivity index (χ3v) is 3.23. The van der Waals surface area contributed by atoms with Gasteiger partial charge in [-0.1, -0.05) is 12.1 Å². The molecular weight excluding hydrogens is 348 g/mol. The van der Waals surface area contributed by atoms with Crippen molar-refractivity contribution in [3.63, 3.8) is 0 Å². The molecule has 1 heterocycles. The molecule has 2 rings (SSSR count). The van der Waals surface area contributed by atoms with Crippen LogP contribution in [0.1, 0.15) is 16.1 Å². The summed E-state index contributed by atoms with van der Waals surface area (Å²) < 4.78 is 15.3. The highest BCUT2D eigenvalue weighted by Crippen LogP contribution is 2.13. The van der Waals surface area contributed by atoms with Crippen molar-refractivity contribution in [2.24, 2.45) is 0 Å². The minimum absolute atomic E-state index is 0.263. The van der Waals surface area contributed by atoms with Gasteiger partial charge in [0.2, 0.25) is 0 Å². The number of aromatic nitrogens is 1. The van der Waals surface area contributed by atoms with Gasteiger partial charge in [-0.15, -0.1) is 0 Å². The Balaban J connectivity index is 2.10. The number of carbonyl (C=O) groups is 1. The van der Waals surface area contributed by atoms with Crippen molar-refractivity contribution in [1.82, 2.24) is 4.57 Å². The van der Waals surface area contributed by atoms with Crippen molar-refractivity contribution < 1.29 is 14.3 Å². The van der Waals surface area contributed by atoms with Gasteiger partial charge in [-0.05, 0) is 52.8 Å². The second-order valence-electron chi connectivity index (χ2n) is 3.92. The minimum atomic E-state index is -0.933. The number of hydrogen-bond acceptors (Lipinski definition) is 1. The quantitative estimate of drug-likeness (QED) is 0.853. The zero-order chi connectivity index (χ0) is 13.1. The zero-order valence-electron chi connectivity index (χ0n) is 9.44.